The number of aryl methyl sites for hydroxylation is 2. The van der Waals surface area contributed by atoms with Crippen molar-refractivity contribution in [1.82, 2.24) is 25.2 Å². The first-order chi connectivity index (χ1) is 25.6. The van der Waals surface area contributed by atoms with E-state index in [1.165, 1.54) is 17.0 Å². The first-order valence-electron chi connectivity index (χ1n) is 19.1. The zero-order chi connectivity index (χ0) is 38.6. The quantitative estimate of drug-likeness (QED) is 0.358. The van der Waals surface area contributed by atoms with Gasteiger partial charge in [0.25, 0.3) is 5.91 Å². The minimum atomic E-state index is -4.00. The molecule has 5 atom stereocenters. The molecule has 1 aromatic carbocycles. The molecule has 3 aliphatic heterocycles. The minimum absolute atomic E-state index is 0.00152. The lowest BCUT2D eigenvalue weighted by molar-refractivity contribution is -0.141. The second-order valence-electron chi connectivity index (χ2n) is 16.5. The Kier molecular flexibility index (Phi) is 9.93. The molecule has 13 nitrogen and oxygen atoms in total. The van der Waals surface area contributed by atoms with Crippen LogP contribution in [0, 0.1) is 24.6 Å². The van der Waals surface area contributed by atoms with Gasteiger partial charge in [-0.3, -0.25) is 19.1 Å². The highest BCUT2D eigenvalue weighted by molar-refractivity contribution is 7.91. The maximum atomic E-state index is 14.6. The summed E-state index contributed by atoms with van der Waals surface area (Å²) < 4.78 is 54.1. The summed E-state index contributed by atoms with van der Waals surface area (Å²) in [5, 5.41) is 6.30. The molecule has 7 rings (SSSR count). The molecule has 0 unspecified atom stereocenters. The van der Waals surface area contributed by atoms with Crippen molar-refractivity contribution in [3.8, 4) is 5.75 Å². The third-order valence-corrected chi connectivity index (χ3v) is 13.9. The summed E-state index contributed by atoms with van der Waals surface area (Å²) in [6.45, 7) is 7.36. The Morgan fingerprint density at radius 2 is 1.93 bits per heavy atom. The van der Waals surface area contributed by atoms with Crippen molar-refractivity contribution in [2.75, 3.05) is 13.2 Å². The van der Waals surface area contributed by atoms with Gasteiger partial charge in [-0.25, -0.2) is 22.6 Å². The molecule has 4 heterocycles. The van der Waals surface area contributed by atoms with Crippen LogP contribution in [0.15, 0.2) is 30.4 Å². The fourth-order valence-electron chi connectivity index (χ4n) is 8.09. The largest absolute Gasteiger partial charge is 0.483 e. The van der Waals surface area contributed by atoms with Gasteiger partial charge in [0.05, 0.1) is 29.1 Å². The van der Waals surface area contributed by atoms with Gasteiger partial charge in [-0.15, -0.1) is 0 Å². The number of halogens is 1. The number of ether oxygens (including phenoxy) is 2. The second-order valence-corrected chi connectivity index (χ2v) is 18.7. The molecular formula is C39H50FN5O8S. The number of aromatic nitrogens is 1. The summed E-state index contributed by atoms with van der Waals surface area (Å²) in [5.41, 5.74) is -0.561. The number of fused-ring (bicyclic) bond motifs is 5. The molecule has 5 aliphatic rings. The van der Waals surface area contributed by atoms with E-state index in [9.17, 15) is 32.0 Å². The van der Waals surface area contributed by atoms with Crippen molar-refractivity contribution in [3.05, 3.63) is 47.4 Å². The first kappa shape index (κ1) is 38.0. The van der Waals surface area contributed by atoms with Crippen molar-refractivity contribution in [2.45, 2.75) is 126 Å². The van der Waals surface area contributed by atoms with E-state index >= 15 is 0 Å². The molecule has 2 aromatic rings. The number of rotatable bonds is 6. The SMILES string of the molecule is Cc1nc2ccc(F)cc2c2c1O[C@]1(CC2)C[C@H]2C(=O)N[C@]3(C(=O)NS(=O)(=O)C4(C)CC4)C[C@H]3/C=C\CCCCC[C@H](NC(=O)OCC(C)C)C(=O)N2C1. The monoisotopic (exact) mass is 767 g/mol. The third-order valence-electron chi connectivity index (χ3n) is 11.8. The number of carbonyl (C=O) groups excluding carboxylic acids is 4. The van der Waals surface area contributed by atoms with Gasteiger partial charge >= 0.3 is 6.09 Å². The first-order valence-corrected chi connectivity index (χ1v) is 20.6. The average Bonchev–Trinajstić information content (AvgIpc) is 4.01. The fraction of sp³-hybridized carbons (Fsp3) is 0.615. The molecule has 15 heteroatoms. The zero-order valence-electron chi connectivity index (χ0n) is 31.3. The summed E-state index contributed by atoms with van der Waals surface area (Å²) in [5.74, 6) is -2.20. The smallest absolute Gasteiger partial charge is 0.407 e. The Morgan fingerprint density at radius 1 is 1.15 bits per heavy atom. The van der Waals surface area contributed by atoms with Crippen molar-refractivity contribution >= 4 is 44.7 Å². The number of sulfonamides is 1. The molecular weight excluding hydrogens is 718 g/mol. The Hall–Kier alpha value is -4.27. The lowest BCUT2D eigenvalue weighted by Gasteiger charge is -2.36. The van der Waals surface area contributed by atoms with E-state index in [2.05, 4.69) is 20.3 Å². The van der Waals surface area contributed by atoms with E-state index < -0.39 is 73.5 Å². The van der Waals surface area contributed by atoms with Crippen LogP contribution in [0.4, 0.5) is 9.18 Å². The number of pyridine rings is 1. The summed E-state index contributed by atoms with van der Waals surface area (Å²) in [4.78, 5) is 62.2. The number of allylic oxidation sites excluding steroid dienone is 1. The van der Waals surface area contributed by atoms with E-state index in [4.69, 9.17) is 9.47 Å². The van der Waals surface area contributed by atoms with E-state index in [1.54, 1.807) is 19.9 Å². The highest BCUT2D eigenvalue weighted by atomic mass is 32.2. The lowest BCUT2D eigenvalue weighted by Crippen LogP contribution is -2.58. The molecule has 3 fully saturated rings. The number of alkyl carbamates (subject to hydrolysis) is 1. The van der Waals surface area contributed by atoms with Crippen LogP contribution >= 0.6 is 0 Å². The number of hydrogen-bond acceptors (Lipinski definition) is 9. The highest BCUT2D eigenvalue weighted by Gasteiger charge is 2.64. The van der Waals surface area contributed by atoms with E-state index in [1.807, 2.05) is 26.0 Å². The molecule has 0 radical (unpaired) electrons. The van der Waals surface area contributed by atoms with E-state index in [0.29, 0.717) is 67.3 Å². The number of nitrogens with zero attached hydrogens (tertiary/aromatic N) is 2. The van der Waals surface area contributed by atoms with Crippen LogP contribution in [-0.2, 0) is 35.6 Å². The topological polar surface area (TPSA) is 173 Å². The molecule has 4 amide bonds. The van der Waals surface area contributed by atoms with Gasteiger partial charge in [-0.1, -0.05) is 38.8 Å². The normalized spacial score (nSPS) is 29.8. The maximum Gasteiger partial charge on any atom is 0.407 e. The lowest BCUT2D eigenvalue weighted by atomic mass is 9.87. The molecule has 2 saturated carbocycles. The predicted molar refractivity (Wildman–Crippen MR) is 197 cm³/mol. The van der Waals surface area contributed by atoms with Gasteiger partial charge < -0.3 is 25.0 Å². The summed E-state index contributed by atoms with van der Waals surface area (Å²) in [7, 11) is -4.00. The molecule has 2 aliphatic carbocycles. The van der Waals surface area contributed by atoms with Gasteiger partial charge in [0, 0.05) is 23.3 Å². The second kappa shape index (κ2) is 14.1. The van der Waals surface area contributed by atoms with Crippen molar-refractivity contribution in [1.29, 1.82) is 0 Å². The van der Waals surface area contributed by atoms with Gasteiger partial charge in [-0.2, -0.15) is 0 Å². The summed E-state index contributed by atoms with van der Waals surface area (Å²) in [6.07, 6.45) is 8.23. The predicted octanol–water partition coefficient (Wildman–Crippen LogP) is 4.49. The number of benzene rings is 1. The number of nitrogens with one attached hydrogen (secondary N) is 3. The molecule has 54 heavy (non-hydrogen) atoms. The van der Waals surface area contributed by atoms with Crippen molar-refractivity contribution < 1.29 is 41.5 Å². The Labute approximate surface area is 315 Å². The zero-order valence-corrected chi connectivity index (χ0v) is 32.2. The van der Waals surface area contributed by atoms with Crippen LogP contribution in [0.3, 0.4) is 0 Å². The Bertz CT molecular complexity index is 2020. The third kappa shape index (κ3) is 7.27. The average molecular weight is 768 g/mol. The van der Waals surface area contributed by atoms with Gasteiger partial charge in [0.2, 0.25) is 21.8 Å². The molecule has 292 valence electrons. The van der Waals surface area contributed by atoms with Gasteiger partial charge in [0.15, 0.2) is 0 Å². The minimum Gasteiger partial charge on any atom is -0.483 e. The Morgan fingerprint density at radius 3 is 2.67 bits per heavy atom. The maximum absolute atomic E-state index is 14.6. The fourth-order valence-corrected chi connectivity index (χ4v) is 9.40. The number of amides is 4. The van der Waals surface area contributed by atoms with Gasteiger partial charge in [0.1, 0.15) is 34.8 Å². The van der Waals surface area contributed by atoms with E-state index in [0.717, 1.165) is 18.4 Å². The van der Waals surface area contributed by atoms with Crippen LogP contribution in [-0.4, -0.2) is 83.2 Å². The van der Waals surface area contributed by atoms with Crippen molar-refractivity contribution in [2.24, 2.45) is 11.8 Å². The summed E-state index contributed by atoms with van der Waals surface area (Å²) in [6, 6.07) is 2.29. The highest BCUT2D eigenvalue weighted by Crippen LogP contribution is 2.49. The molecule has 1 aromatic heterocycles. The molecule has 0 bridgehead atoms. The number of hydrogen-bond donors (Lipinski definition) is 3. The van der Waals surface area contributed by atoms with Gasteiger partial charge in [-0.05, 0) is 89.3 Å². The molecule has 1 saturated heterocycles. The Balaban J connectivity index is 1.23. The van der Waals surface area contributed by atoms with E-state index in [-0.39, 0.29) is 31.9 Å². The van der Waals surface area contributed by atoms with Crippen LogP contribution in [0.2, 0.25) is 0 Å². The summed E-state index contributed by atoms with van der Waals surface area (Å²) >= 11 is 0. The molecule has 1 spiro atoms. The molecule has 3 N–H and O–H groups in total. The van der Waals surface area contributed by atoms with Crippen molar-refractivity contribution in [3.63, 3.8) is 0 Å². The number of carbonyl (C=O) groups is 4. The van der Waals surface area contributed by atoms with Crippen LogP contribution < -0.4 is 20.1 Å². The van der Waals surface area contributed by atoms with Crippen LogP contribution in [0.1, 0.15) is 96.2 Å². The standard InChI is InChI=1S/C39H50FN5O8S/c1-23(2)21-52-36(49)42-30-11-9-7-5-6-8-10-25-19-39(25,35(48)44-54(50,51)37(4)16-17-37)43-33(46)31-20-38(22-45(31)34(30)47)15-14-27-28-18-26(40)12-13-29(28)41-24(3)32(27)53-38/h8,10,12-13,18,23,25,30-31H,5-7,9,11,14-17,19-22H2,1-4H3,(H,42,49)(H,43,46)(H,44,48)/b10-8-/t25-,30+,31+,38-,39-/m1/s1. The van der Waals surface area contributed by atoms with Crippen LogP contribution in [0.5, 0.6) is 5.75 Å². The van der Waals surface area contributed by atoms with Crippen LogP contribution in [0.25, 0.3) is 10.9 Å².